The van der Waals surface area contributed by atoms with Crippen molar-refractivity contribution in [1.82, 2.24) is 9.97 Å². The first-order valence-corrected chi connectivity index (χ1v) is 12.6. The van der Waals surface area contributed by atoms with Crippen LogP contribution in [0.5, 0.6) is 0 Å². The molecule has 0 bridgehead atoms. The zero-order valence-corrected chi connectivity index (χ0v) is 20.8. The molecule has 1 aromatic heterocycles. The highest BCUT2D eigenvalue weighted by molar-refractivity contribution is 6.30. The average Bonchev–Trinajstić information content (AvgIpc) is 2.98. The van der Waals surface area contributed by atoms with Crippen molar-refractivity contribution in [2.75, 3.05) is 0 Å². The Kier molecular flexibility index (Phi) is 6.33. The van der Waals surface area contributed by atoms with Crippen LogP contribution in [-0.2, 0) is 0 Å². The maximum absolute atomic E-state index is 6.26. The van der Waals surface area contributed by atoms with E-state index in [2.05, 4.69) is 91.0 Å². The normalized spacial score (nSPS) is 10.8. The first-order chi connectivity index (χ1) is 18.2. The Morgan fingerprint density at radius 1 is 0.351 bits per heavy atom. The fraction of sp³-hybridized carbons (Fsp3) is 0. The number of rotatable bonds is 5. The van der Waals surface area contributed by atoms with Gasteiger partial charge < -0.3 is 0 Å². The van der Waals surface area contributed by atoms with Crippen molar-refractivity contribution in [3.05, 3.63) is 145 Å². The molecule has 0 spiro atoms. The summed E-state index contributed by atoms with van der Waals surface area (Å²) in [6.45, 7) is 0. The number of hydrogen-bond acceptors (Lipinski definition) is 2. The largest absolute Gasteiger partial charge is 0.228 e. The van der Waals surface area contributed by atoms with Crippen LogP contribution in [0.1, 0.15) is 0 Å². The Bertz CT molecular complexity index is 1680. The van der Waals surface area contributed by atoms with Crippen LogP contribution in [0.15, 0.2) is 140 Å². The van der Waals surface area contributed by atoms with Crippen LogP contribution in [-0.4, -0.2) is 9.97 Å². The van der Waals surface area contributed by atoms with Crippen LogP contribution >= 0.6 is 11.6 Å². The van der Waals surface area contributed by atoms with Crippen LogP contribution in [0.4, 0.5) is 0 Å². The molecule has 6 rings (SSSR count). The summed E-state index contributed by atoms with van der Waals surface area (Å²) in [5, 5.41) is 0.714. The lowest BCUT2D eigenvalue weighted by Crippen LogP contribution is -1.96. The summed E-state index contributed by atoms with van der Waals surface area (Å²) >= 11 is 6.26. The molecule has 5 aromatic carbocycles. The van der Waals surface area contributed by atoms with Crippen molar-refractivity contribution < 1.29 is 0 Å². The molecule has 176 valence electrons. The summed E-state index contributed by atoms with van der Waals surface area (Å²) in [6, 6.07) is 47.4. The van der Waals surface area contributed by atoms with E-state index in [0.717, 1.165) is 44.8 Å². The van der Waals surface area contributed by atoms with E-state index in [4.69, 9.17) is 21.6 Å². The van der Waals surface area contributed by atoms with Crippen molar-refractivity contribution in [2.24, 2.45) is 0 Å². The predicted molar refractivity (Wildman–Crippen MR) is 154 cm³/mol. The molecule has 0 saturated heterocycles. The van der Waals surface area contributed by atoms with Gasteiger partial charge in [-0.3, -0.25) is 0 Å². The van der Waals surface area contributed by atoms with Gasteiger partial charge in [0.05, 0.1) is 11.4 Å². The smallest absolute Gasteiger partial charge is 0.160 e. The number of halogens is 1. The molecule has 1 heterocycles. The third kappa shape index (κ3) is 5.06. The van der Waals surface area contributed by atoms with E-state index in [1.807, 2.05) is 48.5 Å². The minimum Gasteiger partial charge on any atom is -0.228 e. The van der Waals surface area contributed by atoms with Gasteiger partial charge in [-0.15, -0.1) is 0 Å². The number of aromatic nitrogens is 2. The minimum absolute atomic E-state index is 0.686. The number of hydrogen-bond donors (Lipinski definition) is 0. The molecule has 0 aliphatic carbocycles. The molecule has 3 heteroatoms. The van der Waals surface area contributed by atoms with Crippen LogP contribution in [0, 0.1) is 0 Å². The molecule has 0 fully saturated rings. The zero-order chi connectivity index (χ0) is 25.0. The monoisotopic (exact) mass is 494 g/mol. The molecule has 6 aromatic rings. The molecule has 0 N–H and O–H groups in total. The zero-order valence-electron chi connectivity index (χ0n) is 20.1. The Hall–Kier alpha value is -4.53. The topological polar surface area (TPSA) is 25.8 Å². The molecule has 37 heavy (non-hydrogen) atoms. The SMILES string of the molecule is Clc1cccc(-c2cccc(-c3nc(-c4ccccc4)cc(-c4cccc(-c5ccccc5)c4)n3)c2)c1. The van der Waals surface area contributed by atoms with Gasteiger partial charge in [0.2, 0.25) is 0 Å². The molecule has 0 amide bonds. The van der Waals surface area contributed by atoms with Crippen molar-refractivity contribution in [1.29, 1.82) is 0 Å². The van der Waals surface area contributed by atoms with Crippen LogP contribution < -0.4 is 0 Å². The highest BCUT2D eigenvalue weighted by Gasteiger charge is 2.12. The molecule has 0 radical (unpaired) electrons. The van der Waals surface area contributed by atoms with Gasteiger partial charge in [-0.05, 0) is 52.6 Å². The van der Waals surface area contributed by atoms with Gasteiger partial charge in [-0.1, -0.05) is 121 Å². The van der Waals surface area contributed by atoms with E-state index in [1.54, 1.807) is 0 Å². The fourth-order valence-electron chi connectivity index (χ4n) is 4.48. The van der Waals surface area contributed by atoms with Crippen molar-refractivity contribution in [2.45, 2.75) is 0 Å². The van der Waals surface area contributed by atoms with E-state index in [1.165, 1.54) is 5.56 Å². The van der Waals surface area contributed by atoms with E-state index in [0.29, 0.717) is 10.8 Å². The van der Waals surface area contributed by atoms with E-state index in [9.17, 15) is 0 Å². The lowest BCUT2D eigenvalue weighted by Gasteiger charge is -2.11. The summed E-state index contributed by atoms with van der Waals surface area (Å²) in [4.78, 5) is 10.0. The molecule has 0 aliphatic rings. The van der Waals surface area contributed by atoms with Gasteiger partial charge in [0, 0.05) is 21.7 Å². The Labute approximate surface area is 221 Å². The van der Waals surface area contributed by atoms with Gasteiger partial charge in [0.1, 0.15) is 0 Å². The molecule has 0 saturated carbocycles. The first-order valence-electron chi connectivity index (χ1n) is 12.2. The van der Waals surface area contributed by atoms with E-state index < -0.39 is 0 Å². The van der Waals surface area contributed by atoms with Crippen molar-refractivity contribution in [3.63, 3.8) is 0 Å². The molecule has 0 aliphatic heterocycles. The van der Waals surface area contributed by atoms with Gasteiger partial charge in [0.15, 0.2) is 5.82 Å². The third-order valence-corrected chi connectivity index (χ3v) is 6.57. The summed E-state index contributed by atoms with van der Waals surface area (Å²) in [5.41, 5.74) is 9.29. The predicted octanol–water partition coefficient (Wildman–Crippen LogP) is 9.46. The van der Waals surface area contributed by atoms with Gasteiger partial charge in [-0.2, -0.15) is 0 Å². The maximum atomic E-state index is 6.26. The molecule has 2 nitrogen and oxygen atoms in total. The van der Waals surface area contributed by atoms with Crippen molar-refractivity contribution >= 4 is 11.6 Å². The summed E-state index contributed by atoms with van der Waals surface area (Å²) in [5.74, 6) is 0.686. The molecular weight excluding hydrogens is 472 g/mol. The third-order valence-electron chi connectivity index (χ3n) is 6.34. The highest BCUT2D eigenvalue weighted by atomic mass is 35.5. The highest BCUT2D eigenvalue weighted by Crippen LogP contribution is 2.32. The number of benzene rings is 5. The van der Waals surface area contributed by atoms with Gasteiger partial charge >= 0.3 is 0 Å². The Morgan fingerprint density at radius 3 is 1.49 bits per heavy atom. The second-order valence-corrected chi connectivity index (χ2v) is 9.30. The lowest BCUT2D eigenvalue weighted by molar-refractivity contribution is 1.18. The lowest BCUT2D eigenvalue weighted by atomic mass is 10.00. The Balaban J connectivity index is 1.49. The Morgan fingerprint density at radius 2 is 0.811 bits per heavy atom. The summed E-state index contributed by atoms with van der Waals surface area (Å²) < 4.78 is 0. The minimum atomic E-state index is 0.686. The molecular formula is C34H23ClN2. The quantitative estimate of drug-likeness (QED) is 0.238. The summed E-state index contributed by atoms with van der Waals surface area (Å²) in [6.07, 6.45) is 0. The van der Waals surface area contributed by atoms with Crippen LogP contribution in [0.2, 0.25) is 5.02 Å². The fourth-order valence-corrected chi connectivity index (χ4v) is 4.67. The van der Waals surface area contributed by atoms with Crippen molar-refractivity contribution in [3.8, 4) is 56.2 Å². The molecule has 0 unspecified atom stereocenters. The van der Waals surface area contributed by atoms with Crippen LogP contribution in [0.3, 0.4) is 0 Å². The van der Waals surface area contributed by atoms with Crippen LogP contribution in [0.25, 0.3) is 56.2 Å². The van der Waals surface area contributed by atoms with Gasteiger partial charge in [-0.25, -0.2) is 9.97 Å². The second-order valence-electron chi connectivity index (χ2n) is 8.87. The average molecular weight is 495 g/mol. The number of nitrogens with zero attached hydrogens (tertiary/aromatic N) is 2. The first kappa shape index (κ1) is 22.9. The van der Waals surface area contributed by atoms with E-state index >= 15 is 0 Å². The standard InChI is InChI=1S/C34H23ClN2/c35-31-19-9-16-28(22-31)27-15-8-18-30(21-27)34-36-32(25-12-5-2-6-13-25)23-33(37-34)29-17-7-14-26(20-29)24-10-3-1-4-11-24/h1-23H. The van der Waals surface area contributed by atoms with E-state index in [-0.39, 0.29) is 0 Å². The molecule has 0 atom stereocenters. The summed E-state index contributed by atoms with van der Waals surface area (Å²) in [7, 11) is 0. The second kappa shape index (κ2) is 10.2. The maximum Gasteiger partial charge on any atom is 0.160 e. The van der Waals surface area contributed by atoms with Gasteiger partial charge in [0.25, 0.3) is 0 Å².